The van der Waals surface area contributed by atoms with Gasteiger partial charge in [0.15, 0.2) is 11.6 Å². The maximum atomic E-state index is 13.1. The van der Waals surface area contributed by atoms with E-state index in [9.17, 15) is 29.1 Å². The molecule has 4 fully saturated rings. The Morgan fingerprint density at radius 2 is 1.59 bits per heavy atom. The van der Waals surface area contributed by atoms with Gasteiger partial charge in [0.1, 0.15) is 29.8 Å². The molecule has 58 heavy (non-hydrogen) atoms. The maximum absolute atomic E-state index is 13.1. The SMILES string of the molecule is Nc1nnc(-c2ccccc2O)cc1OCC12CC(C(=O)NCCOCc3cccc(COCCOc4ccc5c(c4)C(=O)N(C4CCC(=O)NC4=O)C5=O)c3)(C1)C2. The van der Waals surface area contributed by atoms with Crippen LogP contribution in [0, 0.1) is 10.8 Å². The highest BCUT2D eigenvalue weighted by molar-refractivity contribution is 6.23. The molecule has 3 aromatic carbocycles. The van der Waals surface area contributed by atoms with E-state index < -0.39 is 29.7 Å². The highest BCUT2D eigenvalue weighted by atomic mass is 16.5. The first-order chi connectivity index (χ1) is 28.0. The molecule has 3 saturated carbocycles. The van der Waals surface area contributed by atoms with Gasteiger partial charge in [-0.25, -0.2) is 0 Å². The molecule has 1 saturated heterocycles. The summed E-state index contributed by atoms with van der Waals surface area (Å²) in [5, 5.41) is 23.5. The summed E-state index contributed by atoms with van der Waals surface area (Å²) < 4.78 is 23.5. The van der Waals surface area contributed by atoms with Gasteiger partial charge in [-0.15, -0.1) is 10.2 Å². The molecular weight excluding hydrogens is 748 g/mol. The summed E-state index contributed by atoms with van der Waals surface area (Å²) in [7, 11) is 0. The predicted octanol–water partition coefficient (Wildman–Crippen LogP) is 3.31. The molecule has 3 aliphatic carbocycles. The number of aromatic hydroxyl groups is 1. The number of aromatic nitrogens is 2. The fourth-order valence-corrected chi connectivity index (χ4v) is 8.32. The second kappa shape index (κ2) is 15.9. The molecule has 16 heteroatoms. The molecule has 300 valence electrons. The topological polar surface area (TPSA) is 222 Å². The largest absolute Gasteiger partial charge is 0.507 e. The molecule has 5 amide bonds. The lowest BCUT2D eigenvalue weighted by Crippen LogP contribution is -2.69. The number of piperidine rings is 1. The molecule has 2 aliphatic heterocycles. The van der Waals surface area contributed by atoms with Crippen molar-refractivity contribution >= 4 is 35.4 Å². The van der Waals surface area contributed by atoms with E-state index in [0.717, 1.165) is 35.3 Å². The van der Waals surface area contributed by atoms with Crippen LogP contribution in [0.25, 0.3) is 11.3 Å². The van der Waals surface area contributed by atoms with E-state index in [-0.39, 0.29) is 65.5 Å². The number of fused-ring (bicyclic) bond motifs is 1. The molecule has 2 bridgehead atoms. The quantitative estimate of drug-likeness (QED) is 0.0892. The van der Waals surface area contributed by atoms with Crippen molar-refractivity contribution in [3.8, 4) is 28.5 Å². The van der Waals surface area contributed by atoms with Gasteiger partial charge in [0.25, 0.3) is 11.8 Å². The first-order valence-corrected chi connectivity index (χ1v) is 19.1. The molecule has 1 aromatic heterocycles. The van der Waals surface area contributed by atoms with E-state index in [1.54, 1.807) is 36.4 Å². The lowest BCUT2D eigenvalue weighted by atomic mass is 9.35. The van der Waals surface area contributed by atoms with E-state index in [1.165, 1.54) is 12.1 Å². The molecule has 0 spiro atoms. The minimum Gasteiger partial charge on any atom is -0.507 e. The van der Waals surface area contributed by atoms with Gasteiger partial charge in [0.05, 0.1) is 49.6 Å². The van der Waals surface area contributed by atoms with Gasteiger partial charge in [-0.1, -0.05) is 36.4 Å². The summed E-state index contributed by atoms with van der Waals surface area (Å²) in [4.78, 5) is 63.7. The first-order valence-electron chi connectivity index (χ1n) is 19.1. The number of nitrogens with one attached hydrogen (secondary N) is 2. The van der Waals surface area contributed by atoms with Crippen LogP contribution in [0.15, 0.2) is 72.8 Å². The molecule has 1 atom stereocenters. The van der Waals surface area contributed by atoms with Gasteiger partial charge in [0.2, 0.25) is 17.7 Å². The molecule has 9 rings (SSSR count). The minimum absolute atomic E-state index is 0.0317. The Labute approximate surface area is 333 Å². The summed E-state index contributed by atoms with van der Waals surface area (Å²) >= 11 is 0. The van der Waals surface area contributed by atoms with Crippen molar-refractivity contribution in [1.82, 2.24) is 25.7 Å². The number of ether oxygens (including phenoxy) is 4. The third kappa shape index (κ3) is 7.67. The molecule has 3 heterocycles. The molecule has 5 N–H and O–H groups in total. The van der Waals surface area contributed by atoms with Gasteiger partial charge in [-0.3, -0.25) is 34.2 Å². The van der Waals surface area contributed by atoms with Crippen LogP contribution >= 0.6 is 0 Å². The van der Waals surface area contributed by atoms with Crippen LogP contribution in [0.5, 0.6) is 17.2 Å². The van der Waals surface area contributed by atoms with E-state index in [2.05, 4.69) is 20.8 Å². The average Bonchev–Trinajstić information content (AvgIpc) is 3.42. The Bertz CT molecular complexity index is 2280. The van der Waals surface area contributed by atoms with Gasteiger partial charge in [-0.2, -0.15) is 0 Å². The summed E-state index contributed by atoms with van der Waals surface area (Å²) in [5.74, 6) is -1.19. The fourth-order valence-electron chi connectivity index (χ4n) is 8.32. The van der Waals surface area contributed by atoms with Crippen LogP contribution < -0.4 is 25.8 Å². The number of hydrogen-bond donors (Lipinski definition) is 4. The van der Waals surface area contributed by atoms with Gasteiger partial charge >= 0.3 is 0 Å². The van der Waals surface area contributed by atoms with Crippen molar-refractivity contribution in [1.29, 1.82) is 0 Å². The van der Waals surface area contributed by atoms with Crippen LogP contribution in [0.3, 0.4) is 0 Å². The Morgan fingerprint density at radius 1 is 0.845 bits per heavy atom. The van der Waals surface area contributed by atoms with E-state index in [4.69, 9.17) is 24.7 Å². The van der Waals surface area contributed by atoms with Gasteiger partial charge < -0.3 is 35.1 Å². The van der Waals surface area contributed by atoms with Crippen molar-refractivity contribution < 1.29 is 48.0 Å². The van der Waals surface area contributed by atoms with Crippen LogP contribution in [-0.2, 0) is 37.1 Å². The normalized spacial score (nSPS) is 21.8. The number of amides is 5. The number of carbonyl (C=O) groups excluding carboxylic acids is 5. The number of nitrogen functional groups attached to an aromatic ring is 1. The van der Waals surface area contributed by atoms with Crippen LogP contribution in [-0.4, -0.2) is 88.8 Å². The van der Waals surface area contributed by atoms with E-state index in [1.807, 2.05) is 24.3 Å². The summed E-state index contributed by atoms with van der Waals surface area (Å²) in [5.41, 5.74) is 8.81. The second-order valence-corrected chi connectivity index (χ2v) is 15.3. The Balaban J connectivity index is 0.707. The number of imide groups is 2. The van der Waals surface area contributed by atoms with Crippen LogP contribution in [0.1, 0.15) is 63.9 Å². The zero-order chi connectivity index (χ0) is 40.4. The predicted molar refractivity (Wildman–Crippen MR) is 205 cm³/mol. The molecule has 5 aliphatic rings. The number of rotatable bonds is 17. The van der Waals surface area contributed by atoms with Crippen molar-refractivity contribution in [2.45, 2.75) is 51.4 Å². The lowest BCUT2D eigenvalue weighted by Gasteiger charge is -2.68. The first kappa shape index (κ1) is 38.5. The van der Waals surface area contributed by atoms with Crippen molar-refractivity contribution in [3.63, 3.8) is 0 Å². The summed E-state index contributed by atoms with van der Waals surface area (Å²) in [6.07, 6.45) is 2.35. The molecule has 1 unspecified atom stereocenters. The number of anilines is 1. The Hall–Kier alpha value is -6.39. The monoisotopic (exact) mass is 790 g/mol. The van der Waals surface area contributed by atoms with Gasteiger partial charge in [0, 0.05) is 30.0 Å². The molecule has 16 nitrogen and oxygen atoms in total. The number of para-hydroxylation sites is 1. The standard InChI is InChI=1S/C42H42N6O10/c43-36-34(18-31(46-47-36)29-6-1-2-7-33(29)49)58-24-41-21-42(22-41,23-41)40(54)44-12-13-55-19-25-4-3-5-26(16-25)20-56-14-15-57-27-8-9-28-30(17-27)39(53)48(38(28)52)32-10-11-35(50)45-37(32)51/h1-9,16-18,32,49H,10-15,19-24H2,(H2,43,47)(H,44,54)(H,45,50,51). The zero-order valence-corrected chi connectivity index (χ0v) is 31.5. The number of benzene rings is 3. The van der Waals surface area contributed by atoms with E-state index >= 15 is 0 Å². The minimum atomic E-state index is -1.03. The number of hydrogen-bond acceptors (Lipinski definition) is 13. The highest BCUT2D eigenvalue weighted by Gasteiger charge is 2.71. The maximum Gasteiger partial charge on any atom is 0.262 e. The number of carbonyl (C=O) groups is 5. The average molecular weight is 791 g/mol. The smallest absolute Gasteiger partial charge is 0.262 e. The zero-order valence-electron chi connectivity index (χ0n) is 31.5. The van der Waals surface area contributed by atoms with E-state index in [0.29, 0.717) is 55.7 Å². The Morgan fingerprint density at radius 3 is 2.34 bits per heavy atom. The Kier molecular flexibility index (Phi) is 10.5. The third-order valence-electron chi connectivity index (χ3n) is 11.1. The van der Waals surface area contributed by atoms with Crippen molar-refractivity contribution in [2.24, 2.45) is 10.8 Å². The van der Waals surface area contributed by atoms with Crippen molar-refractivity contribution in [3.05, 3.63) is 95.1 Å². The third-order valence-corrected chi connectivity index (χ3v) is 11.1. The number of phenols is 1. The molecule has 4 aromatic rings. The van der Waals surface area contributed by atoms with Crippen LogP contribution in [0.4, 0.5) is 5.82 Å². The number of phenolic OH excluding ortho intramolecular Hbond substituents is 1. The van der Waals surface area contributed by atoms with Gasteiger partial charge in [-0.05, 0) is 67.1 Å². The summed E-state index contributed by atoms with van der Waals surface area (Å²) in [6, 6.07) is 19.9. The number of nitrogens with zero attached hydrogens (tertiary/aromatic N) is 3. The van der Waals surface area contributed by atoms with Crippen molar-refractivity contribution in [2.75, 3.05) is 38.7 Å². The summed E-state index contributed by atoms with van der Waals surface area (Å²) in [6.45, 7) is 2.35. The molecule has 0 radical (unpaired) electrons. The second-order valence-electron chi connectivity index (χ2n) is 15.3. The fraction of sp³-hybridized carbons (Fsp3) is 0.357. The molecular formula is C42H42N6O10. The lowest BCUT2D eigenvalue weighted by molar-refractivity contribution is -0.217. The highest BCUT2D eigenvalue weighted by Crippen LogP contribution is 2.73. The number of nitrogens with two attached hydrogens (primary N) is 1. The van der Waals surface area contributed by atoms with Crippen LogP contribution in [0.2, 0.25) is 0 Å².